The number of ether oxygens (including phenoxy) is 2. The molecule has 5 nitrogen and oxygen atoms in total. The lowest BCUT2D eigenvalue weighted by Crippen LogP contribution is -2.10. The molecule has 0 saturated carbocycles. The van der Waals surface area contributed by atoms with E-state index < -0.39 is 5.91 Å². The van der Waals surface area contributed by atoms with Gasteiger partial charge in [0.1, 0.15) is 18.1 Å². The van der Waals surface area contributed by atoms with E-state index in [1.807, 2.05) is 0 Å². The summed E-state index contributed by atoms with van der Waals surface area (Å²) in [6, 6.07) is 11.8. The molecule has 0 bridgehead atoms. The first-order valence-electron chi connectivity index (χ1n) is 6.29. The van der Waals surface area contributed by atoms with Crippen molar-refractivity contribution in [1.29, 1.82) is 0 Å². The van der Waals surface area contributed by atoms with Crippen molar-refractivity contribution < 1.29 is 19.1 Å². The number of carbonyl (C=O) groups excluding carboxylic acids is 2. The smallest absolute Gasteiger partial charge is 0.248 e. The van der Waals surface area contributed by atoms with Crippen molar-refractivity contribution in [2.45, 2.75) is 6.61 Å². The molecule has 0 aromatic heterocycles. The van der Waals surface area contributed by atoms with Crippen LogP contribution in [0.2, 0.25) is 0 Å². The summed E-state index contributed by atoms with van der Waals surface area (Å²) in [6.07, 6.45) is 0.716. The first-order valence-corrected chi connectivity index (χ1v) is 6.29. The van der Waals surface area contributed by atoms with Crippen LogP contribution in [-0.2, 0) is 6.61 Å². The predicted molar refractivity (Wildman–Crippen MR) is 77.7 cm³/mol. The molecule has 21 heavy (non-hydrogen) atoms. The molecule has 5 heteroatoms. The summed E-state index contributed by atoms with van der Waals surface area (Å²) in [5.41, 5.74) is 6.90. The zero-order valence-electron chi connectivity index (χ0n) is 11.5. The zero-order chi connectivity index (χ0) is 15.2. The Balaban J connectivity index is 2.09. The number of nitrogens with two attached hydrogens (primary N) is 1. The molecule has 1 amide bonds. The molecule has 2 aromatic carbocycles. The lowest BCUT2D eigenvalue weighted by molar-refractivity contribution is 0.0999. The van der Waals surface area contributed by atoms with Crippen LogP contribution in [0.4, 0.5) is 0 Å². The molecule has 108 valence electrons. The Hall–Kier alpha value is -2.82. The first kappa shape index (κ1) is 14.6. The Bertz CT molecular complexity index is 650. The van der Waals surface area contributed by atoms with E-state index in [0.717, 1.165) is 5.56 Å². The van der Waals surface area contributed by atoms with Gasteiger partial charge in [0.25, 0.3) is 0 Å². The number of primary amides is 1. The Labute approximate surface area is 122 Å². The minimum absolute atomic E-state index is 0.284. The van der Waals surface area contributed by atoms with E-state index in [1.165, 1.54) is 7.11 Å². The van der Waals surface area contributed by atoms with E-state index >= 15 is 0 Å². The Kier molecular flexibility index (Phi) is 4.56. The van der Waals surface area contributed by atoms with Crippen LogP contribution >= 0.6 is 0 Å². The van der Waals surface area contributed by atoms with Crippen LogP contribution in [0.15, 0.2) is 42.5 Å². The van der Waals surface area contributed by atoms with Gasteiger partial charge < -0.3 is 15.2 Å². The average molecular weight is 285 g/mol. The maximum Gasteiger partial charge on any atom is 0.248 e. The minimum atomic E-state index is -0.471. The molecule has 0 spiro atoms. The third-order valence-corrected chi connectivity index (χ3v) is 2.98. The summed E-state index contributed by atoms with van der Waals surface area (Å²) in [5, 5.41) is 0. The fourth-order valence-electron chi connectivity index (χ4n) is 1.80. The fourth-order valence-corrected chi connectivity index (χ4v) is 1.80. The molecule has 0 atom stereocenters. The molecule has 2 rings (SSSR count). The topological polar surface area (TPSA) is 78.6 Å². The number of benzene rings is 2. The standard InChI is InChI=1S/C16H15NO4/c1-20-14-6-7-15(13(8-14)9-18)21-10-11-2-4-12(5-3-11)16(17)19/h2-9H,10H2,1H3,(H2,17,19). The predicted octanol–water partition coefficient (Wildman–Crippen LogP) is 2.19. The molecular formula is C16H15NO4. The highest BCUT2D eigenvalue weighted by atomic mass is 16.5. The normalized spacial score (nSPS) is 9.95. The van der Waals surface area contributed by atoms with Gasteiger partial charge in [-0.25, -0.2) is 0 Å². The molecule has 2 N–H and O–H groups in total. The highest BCUT2D eigenvalue weighted by Gasteiger charge is 2.06. The van der Waals surface area contributed by atoms with Crippen LogP contribution in [-0.4, -0.2) is 19.3 Å². The highest BCUT2D eigenvalue weighted by Crippen LogP contribution is 2.23. The quantitative estimate of drug-likeness (QED) is 0.825. The maximum absolute atomic E-state index is 11.0. The molecule has 0 fully saturated rings. The Morgan fingerprint density at radius 1 is 1.19 bits per heavy atom. The van der Waals surface area contributed by atoms with Crippen LogP contribution in [0.3, 0.4) is 0 Å². The molecule has 0 radical (unpaired) electrons. The van der Waals surface area contributed by atoms with Gasteiger partial charge in [-0.2, -0.15) is 0 Å². The van der Waals surface area contributed by atoms with Gasteiger partial charge in [0.05, 0.1) is 12.7 Å². The monoisotopic (exact) mass is 285 g/mol. The lowest BCUT2D eigenvalue weighted by atomic mass is 10.1. The second kappa shape index (κ2) is 6.56. The second-order valence-electron chi connectivity index (χ2n) is 4.37. The van der Waals surface area contributed by atoms with Crippen molar-refractivity contribution in [3.8, 4) is 11.5 Å². The third-order valence-electron chi connectivity index (χ3n) is 2.98. The maximum atomic E-state index is 11.0. The van der Waals surface area contributed by atoms with Crippen LogP contribution in [0.1, 0.15) is 26.3 Å². The highest BCUT2D eigenvalue weighted by molar-refractivity contribution is 5.92. The number of aldehydes is 1. The van der Waals surface area contributed by atoms with Crippen molar-refractivity contribution >= 4 is 12.2 Å². The number of hydrogen-bond donors (Lipinski definition) is 1. The summed E-state index contributed by atoms with van der Waals surface area (Å²) in [4.78, 5) is 22.0. The van der Waals surface area contributed by atoms with Gasteiger partial charge in [-0.15, -0.1) is 0 Å². The van der Waals surface area contributed by atoms with E-state index in [-0.39, 0.29) is 6.61 Å². The van der Waals surface area contributed by atoms with Crippen molar-refractivity contribution in [1.82, 2.24) is 0 Å². The number of carbonyl (C=O) groups is 2. The fraction of sp³-hybridized carbons (Fsp3) is 0.125. The minimum Gasteiger partial charge on any atom is -0.497 e. The van der Waals surface area contributed by atoms with Crippen LogP contribution in [0.25, 0.3) is 0 Å². The van der Waals surface area contributed by atoms with Gasteiger partial charge in [-0.3, -0.25) is 9.59 Å². The van der Waals surface area contributed by atoms with E-state index in [2.05, 4.69) is 0 Å². The van der Waals surface area contributed by atoms with E-state index in [1.54, 1.807) is 42.5 Å². The number of amides is 1. The van der Waals surface area contributed by atoms with Crippen molar-refractivity contribution in [3.05, 3.63) is 59.2 Å². The lowest BCUT2D eigenvalue weighted by Gasteiger charge is -2.10. The molecule has 0 aliphatic rings. The molecule has 0 aliphatic heterocycles. The van der Waals surface area contributed by atoms with E-state index in [9.17, 15) is 9.59 Å². The average Bonchev–Trinajstić information content (AvgIpc) is 2.53. The third kappa shape index (κ3) is 3.60. The summed E-state index contributed by atoms with van der Waals surface area (Å²) < 4.78 is 10.7. The van der Waals surface area contributed by atoms with Crippen molar-refractivity contribution in [2.75, 3.05) is 7.11 Å². The largest absolute Gasteiger partial charge is 0.497 e. The summed E-state index contributed by atoms with van der Waals surface area (Å²) in [7, 11) is 1.53. The Morgan fingerprint density at radius 2 is 1.90 bits per heavy atom. The van der Waals surface area contributed by atoms with Crippen LogP contribution < -0.4 is 15.2 Å². The zero-order valence-corrected chi connectivity index (χ0v) is 11.5. The molecule has 0 unspecified atom stereocenters. The number of hydrogen-bond acceptors (Lipinski definition) is 4. The van der Waals surface area contributed by atoms with E-state index in [4.69, 9.17) is 15.2 Å². The van der Waals surface area contributed by atoms with Gasteiger partial charge in [-0.05, 0) is 35.9 Å². The van der Waals surface area contributed by atoms with Gasteiger partial charge in [0, 0.05) is 5.56 Å². The number of rotatable bonds is 6. The van der Waals surface area contributed by atoms with Gasteiger partial charge in [-0.1, -0.05) is 12.1 Å². The molecule has 0 heterocycles. The summed E-state index contributed by atoms with van der Waals surface area (Å²) in [6.45, 7) is 0.284. The second-order valence-corrected chi connectivity index (χ2v) is 4.37. The van der Waals surface area contributed by atoms with Gasteiger partial charge in [0.15, 0.2) is 6.29 Å². The van der Waals surface area contributed by atoms with Gasteiger partial charge in [0.2, 0.25) is 5.91 Å². The van der Waals surface area contributed by atoms with E-state index in [0.29, 0.717) is 28.9 Å². The first-order chi connectivity index (χ1) is 10.1. The van der Waals surface area contributed by atoms with Crippen molar-refractivity contribution in [3.63, 3.8) is 0 Å². The molecule has 2 aromatic rings. The summed E-state index contributed by atoms with van der Waals surface area (Å²) >= 11 is 0. The molecule has 0 aliphatic carbocycles. The summed E-state index contributed by atoms with van der Waals surface area (Å²) in [5.74, 6) is 0.598. The number of methoxy groups -OCH3 is 1. The van der Waals surface area contributed by atoms with Crippen molar-refractivity contribution in [2.24, 2.45) is 5.73 Å². The molecular weight excluding hydrogens is 270 g/mol. The molecule has 0 saturated heterocycles. The van der Waals surface area contributed by atoms with Gasteiger partial charge >= 0.3 is 0 Å². The van der Waals surface area contributed by atoms with Crippen LogP contribution in [0, 0.1) is 0 Å². The Morgan fingerprint density at radius 3 is 2.48 bits per heavy atom. The van der Waals surface area contributed by atoms with Crippen LogP contribution in [0.5, 0.6) is 11.5 Å². The SMILES string of the molecule is COc1ccc(OCc2ccc(C(N)=O)cc2)c(C=O)c1.